The van der Waals surface area contributed by atoms with Crippen LogP contribution >= 0.6 is 0 Å². The van der Waals surface area contributed by atoms with Crippen molar-refractivity contribution in [3.63, 3.8) is 0 Å². The van der Waals surface area contributed by atoms with Gasteiger partial charge in [0.15, 0.2) is 0 Å². The Hall–Kier alpha value is -1.62. The number of nitrogens with one attached hydrogen (secondary N) is 1. The van der Waals surface area contributed by atoms with Crippen LogP contribution in [0.1, 0.15) is 20.3 Å². The van der Waals surface area contributed by atoms with Gasteiger partial charge in [0.05, 0.1) is 11.7 Å². The molecule has 0 bridgehead atoms. The summed E-state index contributed by atoms with van der Waals surface area (Å²) in [5.74, 6) is 0.0799. The quantitative estimate of drug-likeness (QED) is 0.823. The van der Waals surface area contributed by atoms with Crippen molar-refractivity contribution in [2.75, 3.05) is 24.1 Å². The molecular formula is C14H20FN3O. The number of nitrogens with two attached hydrogens (primary N) is 1. The number of carbonyl (C=O) groups excluding carboxylic acids is 1. The van der Waals surface area contributed by atoms with Crippen molar-refractivity contribution < 1.29 is 9.18 Å². The predicted octanol–water partition coefficient (Wildman–Crippen LogP) is 2.08. The molecule has 3 N–H and O–H groups in total. The Bertz CT molecular complexity index is 478. The fraction of sp³-hybridized carbons (Fsp3) is 0.500. The van der Waals surface area contributed by atoms with Crippen molar-refractivity contribution in [3.8, 4) is 0 Å². The maximum absolute atomic E-state index is 13.0. The number of nitrogens with zero attached hydrogens (tertiary/aromatic N) is 1. The molecule has 1 saturated heterocycles. The third kappa shape index (κ3) is 3.23. The van der Waals surface area contributed by atoms with E-state index in [1.807, 2.05) is 6.92 Å². The third-order valence-corrected chi connectivity index (χ3v) is 3.65. The van der Waals surface area contributed by atoms with E-state index in [0.29, 0.717) is 11.6 Å². The molecule has 1 aliphatic heterocycles. The third-order valence-electron chi connectivity index (χ3n) is 3.65. The molecule has 1 aliphatic rings. The average Bonchev–Trinajstić information content (AvgIpc) is 2.79. The molecule has 1 aromatic rings. The first-order valence-electron chi connectivity index (χ1n) is 6.57. The minimum atomic E-state index is -0.473. The lowest BCUT2D eigenvalue weighted by Gasteiger charge is -2.23. The van der Waals surface area contributed by atoms with Crippen LogP contribution in [0.2, 0.25) is 0 Å². The average molecular weight is 265 g/mol. The molecule has 2 unspecified atom stereocenters. The minimum absolute atomic E-state index is 0.0419. The van der Waals surface area contributed by atoms with Crippen LogP contribution in [0.3, 0.4) is 0 Å². The van der Waals surface area contributed by atoms with Gasteiger partial charge in [-0.25, -0.2) is 4.39 Å². The summed E-state index contributed by atoms with van der Waals surface area (Å²) >= 11 is 0. The molecular weight excluding hydrogens is 245 g/mol. The first-order chi connectivity index (χ1) is 8.97. The lowest BCUT2D eigenvalue weighted by Crippen LogP contribution is -2.40. The van der Waals surface area contributed by atoms with Gasteiger partial charge in [0, 0.05) is 12.2 Å². The molecule has 1 heterocycles. The van der Waals surface area contributed by atoms with Crippen molar-refractivity contribution in [2.24, 2.45) is 5.92 Å². The zero-order chi connectivity index (χ0) is 14.0. The van der Waals surface area contributed by atoms with Crippen LogP contribution in [0.5, 0.6) is 0 Å². The SMILES string of the molecule is CC1CCN(C(C)C(=O)Nc2ccc(F)c(N)c2)C1. The number of carbonyl (C=O) groups is 1. The van der Waals surface area contributed by atoms with Crippen LogP contribution < -0.4 is 11.1 Å². The molecule has 1 amide bonds. The summed E-state index contributed by atoms with van der Waals surface area (Å²) in [5.41, 5.74) is 6.05. The van der Waals surface area contributed by atoms with Crippen molar-refractivity contribution in [1.29, 1.82) is 0 Å². The number of likely N-dealkylation sites (tertiary alicyclic amines) is 1. The van der Waals surface area contributed by atoms with Crippen molar-refractivity contribution >= 4 is 17.3 Å². The van der Waals surface area contributed by atoms with Gasteiger partial charge >= 0.3 is 0 Å². The maximum atomic E-state index is 13.0. The maximum Gasteiger partial charge on any atom is 0.241 e. The van der Waals surface area contributed by atoms with Crippen LogP contribution in [0.4, 0.5) is 15.8 Å². The van der Waals surface area contributed by atoms with Gasteiger partial charge in [0.2, 0.25) is 5.91 Å². The first-order valence-corrected chi connectivity index (χ1v) is 6.57. The van der Waals surface area contributed by atoms with E-state index in [9.17, 15) is 9.18 Å². The van der Waals surface area contributed by atoms with Crippen molar-refractivity contribution in [1.82, 2.24) is 4.90 Å². The van der Waals surface area contributed by atoms with E-state index in [0.717, 1.165) is 19.5 Å². The lowest BCUT2D eigenvalue weighted by molar-refractivity contribution is -0.120. The van der Waals surface area contributed by atoms with Crippen LogP contribution in [-0.2, 0) is 4.79 Å². The number of nitrogen functional groups attached to an aromatic ring is 1. The van der Waals surface area contributed by atoms with E-state index in [1.54, 1.807) is 0 Å². The van der Waals surface area contributed by atoms with E-state index < -0.39 is 5.82 Å². The Labute approximate surface area is 112 Å². The summed E-state index contributed by atoms with van der Waals surface area (Å²) in [5, 5.41) is 2.77. The van der Waals surface area contributed by atoms with Crippen LogP contribution in [0.25, 0.3) is 0 Å². The predicted molar refractivity (Wildman–Crippen MR) is 74.3 cm³/mol. The molecule has 4 nitrogen and oxygen atoms in total. The van der Waals surface area contributed by atoms with Gasteiger partial charge in [-0.2, -0.15) is 0 Å². The summed E-state index contributed by atoms with van der Waals surface area (Å²) in [6.07, 6.45) is 1.13. The number of hydrogen-bond acceptors (Lipinski definition) is 3. The van der Waals surface area contributed by atoms with E-state index in [2.05, 4.69) is 17.1 Å². The van der Waals surface area contributed by atoms with E-state index in [1.165, 1.54) is 18.2 Å². The number of halogens is 1. The highest BCUT2D eigenvalue weighted by molar-refractivity contribution is 5.94. The Morgan fingerprint density at radius 2 is 2.32 bits per heavy atom. The monoisotopic (exact) mass is 265 g/mol. The second kappa shape index (κ2) is 5.57. The van der Waals surface area contributed by atoms with Gasteiger partial charge in [-0.15, -0.1) is 0 Å². The molecule has 1 aromatic carbocycles. The summed E-state index contributed by atoms with van der Waals surface area (Å²) in [6, 6.07) is 4.03. The van der Waals surface area contributed by atoms with Crippen molar-refractivity contribution in [3.05, 3.63) is 24.0 Å². The fourth-order valence-corrected chi connectivity index (χ4v) is 2.35. The van der Waals surface area contributed by atoms with Gasteiger partial charge in [-0.1, -0.05) is 6.92 Å². The Kier molecular flexibility index (Phi) is 4.04. The molecule has 0 aliphatic carbocycles. The van der Waals surface area contributed by atoms with E-state index in [4.69, 9.17) is 5.73 Å². The Morgan fingerprint density at radius 3 is 2.89 bits per heavy atom. The highest BCUT2D eigenvalue weighted by Gasteiger charge is 2.27. The second-order valence-corrected chi connectivity index (χ2v) is 5.29. The molecule has 104 valence electrons. The zero-order valence-electron chi connectivity index (χ0n) is 11.3. The fourth-order valence-electron chi connectivity index (χ4n) is 2.35. The van der Waals surface area contributed by atoms with Crippen LogP contribution in [0.15, 0.2) is 18.2 Å². The second-order valence-electron chi connectivity index (χ2n) is 5.29. The molecule has 0 saturated carbocycles. The highest BCUT2D eigenvalue weighted by Crippen LogP contribution is 2.20. The molecule has 0 spiro atoms. The Morgan fingerprint density at radius 1 is 1.58 bits per heavy atom. The van der Waals surface area contributed by atoms with Gasteiger partial charge in [0.25, 0.3) is 0 Å². The van der Waals surface area contributed by atoms with Gasteiger partial charge in [0.1, 0.15) is 5.82 Å². The van der Waals surface area contributed by atoms with Gasteiger partial charge in [-0.05, 0) is 44.0 Å². The molecule has 1 fully saturated rings. The number of amides is 1. The van der Waals surface area contributed by atoms with Gasteiger partial charge < -0.3 is 11.1 Å². The lowest BCUT2D eigenvalue weighted by atomic mass is 10.2. The number of rotatable bonds is 3. The highest BCUT2D eigenvalue weighted by atomic mass is 19.1. The number of benzene rings is 1. The van der Waals surface area contributed by atoms with Crippen molar-refractivity contribution in [2.45, 2.75) is 26.3 Å². The Balaban J connectivity index is 1.98. The summed E-state index contributed by atoms with van der Waals surface area (Å²) < 4.78 is 13.0. The molecule has 19 heavy (non-hydrogen) atoms. The topological polar surface area (TPSA) is 58.4 Å². The standard InChI is InChI=1S/C14H20FN3O/c1-9-5-6-18(8-9)10(2)14(19)17-11-3-4-12(15)13(16)7-11/h3-4,7,9-10H,5-6,8,16H2,1-2H3,(H,17,19). The largest absolute Gasteiger partial charge is 0.396 e. The first kappa shape index (κ1) is 13.8. The number of anilines is 2. The van der Waals surface area contributed by atoms with Gasteiger partial charge in [-0.3, -0.25) is 9.69 Å². The molecule has 0 aromatic heterocycles. The normalized spacial score (nSPS) is 21.3. The van der Waals surface area contributed by atoms with E-state index in [-0.39, 0.29) is 17.6 Å². The minimum Gasteiger partial charge on any atom is -0.396 e. The molecule has 5 heteroatoms. The van der Waals surface area contributed by atoms with Crippen LogP contribution in [-0.4, -0.2) is 29.9 Å². The molecule has 2 rings (SSSR count). The molecule has 2 atom stereocenters. The summed E-state index contributed by atoms with van der Waals surface area (Å²) in [4.78, 5) is 14.3. The molecule has 0 radical (unpaired) electrons. The zero-order valence-corrected chi connectivity index (χ0v) is 11.3. The number of hydrogen-bond donors (Lipinski definition) is 2. The summed E-state index contributed by atoms with van der Waals surface area (Å²) in [6.45, 7) is 5.97. The summed E-state index contributed by atoms with van der Waals surface area (Å²) in [7, 11) is 0. The van der Waals surface area contributed by atoms with Crippen LogP contribution in [0, 0.1) is 11.7 Å². The smallest absolute Gasteiger partial charge is 0.241 e. The van der Waals surface area contributed by atoms with E-state index >= 15 is 0 Å².